The van der Waals surface area contributed by atoms with Crippen LogP contribution < -0.4 is 5.32 Å². The Hall–Kier alpha value is -3.82. The van der Waals surface area contributed by atoms with Gasteiger partial charge in [0.25, 0.3) is 0 Å². The molecule has 5 aromatic rings. The highest BCUT2D eigenvalue weighted by atomic mass is 35.5. The molecule has 4 aromatic carbocycles. The summed E-state index contributed by atoms with van der Waals surface area (Å²) in [5, 5.41) is 4.45. The Morgan fingerprint density at radius 2 is 1.45 bits per heavy atom. The SMILES string of the molecule is Cc1ccc(C2Nc3ccc(Cl)cc3-c3nc(-c4ccccc4)c(-c4ccccc4)n32)cc1. The van der Waals surface area contributed by atoms with Gasteiger partial charge in [0.15, 0.2) is 0 Å². The first-order valence-corrected chi connectivity index (χ1v) is 11.4. The first-order valence-electron chi connectivity index (χ1n) is 11.0. The van der Waals surface area contributed by atoms with E-state index in [-0.39, 0.29) is 6.17 Å². The molecule has 0 saturated heterocycles. The van der Waals surface area contributed by atoms with Crippen LogP contribution in [0.25, 0.3) is 33.9 Å². The summed E-state index contributed by atoms with van der Waals surface area (Å²) >= 11 is 6.43. The number of aryl methyl sites for hydroxylation is 1. The third-order valence-electron chi connectivity index (χ3n) is 6.17. The number of aromatic nitrogens is 2. The second kappa shape index (κ2) is 7.95. The molecule has 0 amide bonds. The Morgan fingerprint density at radius 1 is 0.788 bits per heavy atom. The van der Waals surface area contributed by atoms with Crippen molar-refractivity contribution in [2.45, 2.75) is 13.1 Å². The molecule has 0 radical (unpaired) electrons. The van der Waals surface area contributed by atoms with Gasteiger partial charge in [-0.25, -0.2) is 4.98 Å². The van der Waals surface area contributed by atoms with Crippen LogP contribution in [-0.2, 0) is 0 Å². The third-order valence-corrected chi connectivity index (χ3v) is 6.41. The highest BCUT2D eigenvalue weighted by molar-refractivity contribution is 6.31. The van der Waals surface area contributed by atoms with Crippen LogP contribution >= 0.6 is 11.6 Å². The van der Waals surface area contributed by atoms with Gasteiger partial charge < -0.3 is 5.32 Å². The molecule has 0 saturated carbocycles. The normalized spacial score (nSPS) is 14.3. The maximum atomic E-state index is 6.43. The van der Waals surface area contributed by atoms with Crippen molar-refractivity contribution in [2.75, 3.05) is 5.32 Å². The summed E-state index contributed by atoms with van der Waals surface area (Å²) in [6, 6.07) is 35.5. The Morgan fingerprint density at radius 3 is 2.15 bits per heavy atom. The fourth-order valence-electron chi connectivity index (χ4n) is 4.56. The van der Waals surface area contributed by atoms with Crippen molar-refractivity contribution < 1.29 is 0 Å². The molecule has 1 aromatic heterocycles. The molecule has 1 N–H and O–H groups in total. The summed E-state index contributed by atoms with van der Waals surface area (Å²) in [6.45, 7) is 2.11. The molecule has 3 nitrogen and oxygen atoms in total. The number of hydrogen-bond donors (Lipinski definition) is 1. The van der Waals surface area contributed by atoms with Crippen molar-refractivity contribution in [1.29, 1.82) is 0 Å². The van der Waals surface area contributed by atoms with E-state index in [0.29, 0.717) is 5.02 Å². The van der Waals surface area contributed by atoms with E-state index in [1.807, 2.05) is 30.3 Å². The predicted molar refractivity (Wildman–Crippen MR) is 136 cm³/mol. The van der Waals surface area contributed by atoms with E-state index in [9.17, 15) is 0 Å². The van der Waals surface area contributed by atoms with Gasteiger partial charge in [-0.15, -0.1) is 0 Å². The molecule has 160 valence electrons. The number of nitrogens with zero attached hydrogens (tertiary/aromatic N) is 2. The van der Waals surface area contributed by atoms with Crippen LogP contribution in [0.15, 0.2) is 103 Å². The molecule has 0 spiro atoms. The molecule has 1 aliphatic heterocycles. The molecular formula is C29H22ClN3. The zero-order valence-corrected chi connectivity index (χ0v) is 18.9. The highest BCUT2D eigenvalue weighted by Crippen LogP contribution is 2.45. The largest absolute Gasteiger partial charge is 0.361 e. The van der Waals surface area contributed by atoms with Gasteiger partial charge in [-0.05, 0) is 30.7 Å². The van der Waals surface area contributed by atoms with Gasteiger partial charge >= 0.3 is 0 Å². The third kappa shape index (κ3) is 3.42. The van der Waals surface area contributed by atoms with Gasteiger partial charge in [-0.1, -0.05) is 102 Å². The van der Waals surface area contributed by atoms with Gasteiger partial charge in [-0.2, -0.15) is 0 Å². The minimum Gasteiger partial charge on any atom is -0.361 e. The fraction of sp³-hybridized carbons (Fsp3) is 0.0690. The minimum atomic E-state index is -0.102. The van der Waals surface area contributed by atoms with Crippen molar-refractivity contribution in [2.24, 2.45) is 0 Å². The summed E-state index contributed by atoms with van der Waals surface area (Å²) in [5.74, 6) is 0.912. The number of benzene rings is 4. The monoisotopic (exact) mass is 447 g/mol. The van der Waals surface area contributed by atoms with Crippen molar-refractivity contribution >= 4 is 17.3 Å². The lowest BCUT2D eigenvalue weighted by atomic mass is 10.0. The number of anilines is 1. The minimum absolute atomic E-state index is 0.102. The average molecular weight is 448 g/mol. The molecule has 33 heavy (non-hydrogen) atoms. The Labute approximate surface area is 198 Å². The van der Waals surface area contributed by atoms with E-state index >= 15 is 0 Å². The standard InChI is InChI=1S/C29H22ClN3/c1-19-12-14-22(15-13-19)28-31-25-17-16-23(30)18-24(25)29-32-26(20-8-4-2-5-9-20)27(33(28)29)21-10-6-3-7-11-21/h2-18,28,31H,1H3. The van der Waals surface area contributed by atoms with E-state index in [2.05, 4.69) is 89.6 Å². The van der Waals surface area contributed by atoms with Crippen LogP contribution in [0.1, 0.15) is 17.3 Å². The lowest BCUT2D eigenvalue weighted by molar-refractivity contribution is 0.656. The smallest absolute Gasteiger partial charge is 0.145 e. The molecule has 0 fully saturated rings. The molecule has 6 rings (SSSR count). The van der Waals surface area contributed by atoms with Crippen LogP contribution in [0.5, 0.6) is 0 Å². The number of hydrogen-bond acceptors (Lipinski definition) is 2. The molecule has 0 aliphatic carbocycles. The number of fused-ring (bicyclic) bond motifs is 3. The van der Waals surface area contributed by atoms with Crippen LogP contribution in [-0.4, -0.2) is 9.55 Å². The average Bonchev–Trinajstić information content (AvgIpc) is 3.26. The van der Waals surface area contributed by atoms with E-state index in [0.717, 1.165) is 39.6 Å². The summed E-state index contributed by atoms with van der Waals surface area (Å²) in [5.41, 5.74) is 8.71. The van der Waals surface area contributed by atoms with E-state index in [4.69, 9.17) is 16.6 Å². The van der Waals surface area contributed by atoms with Crippen LogP contribution in [0.3, 0.4) is 0 Å². The summed E-state index contributed by atoms with van der Waals surface area (Å²) in [7, 11) is 0. The Balaban J connectivity index is 1.70. The van der Waals surface area contributed by atoms with Crippen molar-refractivity contribution in [3.8, 4) is 33.9 Å². The van der Waals surface area contributed by atoms with Gasteiger partial charge in [0.05, 0.1) is 11.4 Å². The van der Waals surface area contributed by atoms with E-state index < -0.39 is 0 Å². The van der Waals surface area contributed by atoms with Crippen LogP contribution in [0.4, 0.5) is 5.69 Å². The topological polar surface area (TPSA) is 29.9 Å². The van der Waals surface area contributed by atoms with E-state index in [1.165, 1.54) is 11.1 Å². The first kappa shape index (κ1) is 19.8. The van der Waals surface area contributed by atoms with Gasteiger partial charge in [0, 0.05) is 27.4 Å². The second-order valence-corrected chi connectivity index (χ2v) is 8.82. The lowest BCUT2D eigenvalue weighted by Crippen LogP contribution is -2.25. The van der Waals surface area contributed by atoms with Gasteiger partial charge in [0.1, 0.15) is 12.0 Å². The van der Waals surface area contributed by atoms with Gasteiger partial charge in [0.2, 0.25) is 0 Å². The quantitative estimate of drug-likeness (QED) is 0.305. The number of halogens is 1. The molecule has 1 unspecified atom stereocenters. The molecule has 2 heterocycles. The first-order chi connectivity index (χ1) is 16.2. The highest BCUT2D eigenvalue weighted by Gasteiger charge is 2.32. The number of imidazole rings is 1. The maximum absolute atomic E-state index is 6.43. The zero-order chi connectivity index (χ0) is 22.4. The fourth-order valence-corrected chi connectivity index (χ4v) is 4.74. The second-order valence-electron chi connectivity index (χ2n) is 8.38. The molecule has 4 heteroatoms. The van der Waals surface area contributed by atoms with Crippen molar-refractivity contribution in [1.82, 2.24) is 9.55 Å². The molecule has 0 bridgehead atoms. The predicted octanol–water partition coefficient (Wildman–Crippen LogP) is 7.82. The summed E-state index contributed by atoms with van der Waals surface area (Å²) < 4.78 is 2.32. The summed E-state index contributed by atoms with van der Waals surface area (Å²) in [6.07, 6.45) is -0.102. The van der Waals surface area contributed by atoms with Crippen molar-refractivity contribution in [3.05, 3.63) is 119 Å². The molecule has 1 aliphatic rings. The van der Waals surface area contributed by atoms with Gasteiger partial charge in [-0.3, -0.25) is 4.57 Å². The molecule has 1 atom stereocenters. The van der Waals surface area contributed by atoms with Crippen molar-refractivity contribution in [3.63, 3.8) is 0 Å². The lowest BCUT2D eigenvalue weighted by Gasteiger charge is -2.31. The Bertz CT molecular complexity index is 1440. The number of nitrogens with one attached hydrogen (secondary N) is 1. The number of rotatable bonds is 3. The van der Waals surface area contributed by atoms with Crippen LogP contribution in [0, 0.1) is 6.92 Å². The van der Waals surface area contributed by atoms with Crippen LogP contribution in [0.2, 0.25) is 5.02 Å². The summed E-state index contributed by atoms with van der Waals surface area (Å²) in [4.78, 5) is 5.24. The maximum Gasteiger partial charge on any atom is 0.145 e. The zero-order valence-electron chi connectivity index (χ0n) is 18.2. The molecular weight excluding hydrogens is 426 g/mol. The Kier molecular flexibility index (Phi) is 4.78. The van der Waals surface area contributed by atoms with E-state index in [1.54, 1.807) is 0 Å².